The van der Waals surface area contributed by atoms with Crippen LogP contribution in [0.5, 0.6) is 0 Å². The van der Waals surface area contributed by atoms with Crippen molar-refractivity contribution in [2.75, 3.05) is 26.9 Å². The number of fused-ring (bicyclic) bond motifs is 1. The van der Waals surface area contributed by atoms with Gasteiger partial charge in [0.2, 0.25) is 0 Å². The maximum absolute atomic E-state index is 13.8. The Morgan fingerprint density at radius 3 is 2.65 bits per heavy atom. The molecule has 2 atom stereocenters. The number of thiazole rings is 1. The average Bonchev–Trinajstić information content (AvgIpc) is 3.69. The number of methoxy groups -OCH3 is 1. The van der Waals surface area contributed by atoms with E-state index in [1.807, 2.05) is 11.4 Å². The van der Waals surface area contributed by atoms with Crippen LogP contribution in [-0.2, 0) is 40.3 Å². The van der Waals surface area contributed by atoms with E-state index < -0.39 is 17.7 Å². The lowest BCUT2D eigenvalue weighted by molar-refractivity contribution is -0.139. The van der Waals surface area contributed by atoms with E-state index in [4.69, 9.17) is 14.5 Å². The molecule has 13 heteroatoms. The fraction of sp³-hybridized carbons (Fsp3) is 0.526. The molecule has 4 N–H and O–H groups in total. The van der Waals surface area contributed by atoms with Gasteiger partial charge in [-0.1, -0.05) is 13.8 Å². The maximum Gasteiger partial charge on any atom is 0.408 e. The van der Waals surface area contributed by atoms with Crippen LogP contribution in [-0.4, -0.2) is 86.3 Å². The fourth-order valence-corrected chi connectivity index (χ4v) is 7.37. The number of alkyl carbamates (subject to hydrolysis) is 1. The Morgan fingerprint density at radius 1 is 1.18 bits per heavy atom. The number of carbonyl (C=O) groups excluding carboxylic acids is 2. The molecule has 0 aliphatic carbocycles. The second-order valence-corrected chi connectivity index (χ2v) is 15.8. The van der Waals surface area contributed by atoms with Gasteiger partial charge in [-0.15, -0.1) is 11.3 Å². The van der Waals surface area contributed by atoms with Crippen LogP contribution < -0.4 is 10.7 Å². The van der Waals surface area contributed by atoms with E-state index >= 15 is 0 Å². The summed E-state index contributed by atoms with van der Waals surface area (Å²) in [7, 11) is 1.67. The number of ether oxygens (including phenoxy) is 2. The summed E-state index contributed by atoms with van der Waals surface area (Å²) in [5.74, 6) is -0.317. The van der Waals surface area contributed by atoms with Gasteiger partial charge in [0.05, 0.1) is 30.3 Å². The molecule has 2 amide bonds. The molecule has 3 aromatic heterocycles. The maximum atomic E-state index is 13.8. The van der Waals surface area contributed by atoms with Crippen LogP contribution in [0.1, 0.15) is 71.3 Å². The van der Waals surface area contributed by atoms with Crippen molar-refractivity contribution in [1.29, 1.82) is 0 Å². The van der Waals surface area contributed by atoms with Gasteiger partial charge in [-0.05, 0) is 88.3 Å². The number of benzene rings is 1. The van der Waals surface area contributed by atoms with Crippen LogP contribution in [0.2, 0.25) is 0 Å². The second kappa shape index (κ2) is 16.2. The normalized spacial score (nSPS) is 16.0. The van der Waals surface area contributed by atoms with E-state index in [1.54, 1.807) is 34.1 Å². The van der Waals surface area contributed by atoms with Gasteiger partial charge in [0.15, 0.2) is 0 Å². The summed E-state index contributed by atoms with van der Waals surface area (Å²) in [6.45, 7) is 13.1. The topological polar surface area (TPSA) is 151 Å². The van der Waals surface area contributed by atoms with E-state index in [2.05, 4.69) is 65.3 Å². The molecular weight excluding hydrogens is 669 g/mol. The van der Waals surface area contributed by atoms with Crippen LogP contribution in [0.3, 0.4) is 0 Å². The first-order valence-corrected chi connectivity index (χ1v) is 18.5. The van der Waals surface area contributed by atoms with Gasteiger partial charge >= 0.3 is 6.09 Å². The van der Waals surface area contributed by atoms with Crippen molar-refractivity contribution in [1.82, 2.24) is 30.3 Å². The minimum atomic E-state index is -0.934. The molecule has 0 spiro atoms. The van der Waals surface area contributed by atoms with Crippen LogP contribution >= 0.6 is 11.3 Å². The molecule has 1 unspecified atom stereocenters. The van der Waals surface area contributed by atoms with Gasteiger partial charge in [0.1, 0.15) is 16.7 Å². The highest BCUT2D eigenvalue weighted by molar-refractivity contribution is 7.13. The van der Waals surface area contributed by atoms with Gasteiger partial charge in [0.25, 0.3) is 5.91 Å². The van der Waals surface area contributed by atoms with Crippen molar-refractivity contribution in [2.24, 2.45) is 5.41 Å². The predicted octanol–water partition coefficient (Wildman–Crippen LogP) is 5.48. The first-order valence-electron chi connectivity index (χ1n) is 17.6. The quantitative estimate of drug-likeness (QED) is 0.141. The van der Waals surface area contributed by atoms with Gasteiger partial charge in [-0.25, -0.2) is 15.2 Å². The molecule has 4 heterocycles. The van der Waals surface area contributed by atoms with E-state index in [1.165, 1.54) is 16.3 Å². The van der Waals surface area contributed by atoms with Crippen LogP contribution in [0.4, 0.5) is 4.79 Å². The van der Waals surface area contributed by atoms with Crippen molar-refractivity contribution in [3.63, 3.8) is 0 Å². The minimum absolute atomic E-state index is 0.0313. The number of nitrogens with zero attached hydrogens (tertiary/aromatic N) is 4. The van der Waals surface area contributed by atoms with Gasteiger partial charge in [-0.2, -0.15) is 0 Å². The summed E-state index contributed by atoms with van der Waals surface area (Å²) in [6, 6.07) is 9.21. The summed E-state index contributed by atoms with van der Waals surface area (Å²) in [5, 5.41) is 28.1. The lowest BCUT2D eigenvalue weighted by atomic mass is 9.84. The molecule has 5 rings (SSSR count). The molecular formula is C38H52N6O6S. The predicted molar refractivity (Wildman–Crippen MR) is 199 cm³/mol. The number of rotatable bonds is 13. The second-order valence-electron chi connectivity index (χ2n) is 14.9. The van der Waals surface area contributed by atoms with E-state index in [9.17, 15) is 19.8 Å². The number of aryl methyl sites for hydroxylation is 1. The number of carbonyl (C=O) groups is 2. The van der Waals surface area contributed by atoms with Crippen LogP contribution in [0.25, 0.3) is 32.7 Å². The van der Waals surface area contributed by atoms with Crippen molar-refractivity contribution < 1.29 is 29.3 Å². The highest BCUT2D eigenvalue weighted by Gasteiger charge is 2.32. The molecule has 12 nitrogen and oxygen atoms in total. The largest absolute Gasteiger partial charge is 0.444 e. The van der Waals surface area contributed by atoms with E-state index in [0.717, 1.165) is 63.4 Å². The molecule has 1 aromatic carbocycles. The molecule has 0 bridgehead atoms. The smallest absolute Gasteiger partial charge is 0.408 e. The Labute approximate surface area is 304 Å². The lowest BCUT2D eigenvalue weighted by Crippen LogP contribution is -2.59. The minimum Gasteiger partial charge on any atom is -0.444 e. The molecule has 1 aliphatic heterocycles. The van der Waals surface area contributed by atoms with Crippen molar-refractivity contribution >= 4 is 34.2 Å². The Bertz CT molecular complexity index is 1830. The average molecular weight is 721 g/mol. The summed E-state index contributed by atoms with van der Waals surface area (Å²) in [5.41, 5.74) is 8.68. The molecule has 276 valence electrons. The molecule has 1 aliphatic rings. The zero-order valence-corrected chi connectivity index (χ0v) is 31.6. The van der Waals surface area contributed by atoms with Gasteiger partial charge in [-0.3, -0.25) is 14.8 Å². The molecule has 0 radical (unpaired) electrons. The summed E-state index contributed by atoms with van der Waals surface area (Å²) in [6.07, 6.45) is 3.38. The fourth-order valence-electron chi connectivity index (χ4n) is 6.54. The number of hydrogen-bond acceptors (Lipinski definition) is 10. The van der Waals surface area contributed by atoms with Crippen molar-refractivity contribution in [3.05, 3.63) is 58.9 Å². The first kappa shape index (κ1) is 38.4. The zero-order chi connectivity index (χ0) is 36.9. The number of amides is 2. The first-order chi connectivity index (χ1) is 24.3. The molecule has 0 saturated carbocycles. The van der Waals surface area contributed by atoms with E-state index in [-0.39, 0.29) is 37.0 Å². The number of pyridine rings is 1. The number of aliphatic hydroxyl groups is 2. The number of aliphatic hydroxyl groups excluding tert-OH is 2. The third kappa shape index (κ3) is 9.14. The summed E-state index contributed by atoms with van der Waals surface area (Å²) in [4.78, 5) is 36.2. The Kier molecular flexibility index (Phi) is 12.2. The Morgan fingerprint density at radius 2 is 1.96 bits per heavy atom. The Balaban J connectivity index is 1.52. The van der Waals surface area contributed by atoms with Crippen LogP contribution in [0.15, 0.2) is 41.9 Å². The zero-order valence-electron chi connectivity index (χ0n) is 30.8. The van der Waals surface area contributed by atoms with Gasteiger partial charge < -0.3 is 29.6 Å². The lowest BCUT2D eigenvalue weighted by Gasteiger charge is -2.35. The number of nitrogens with one attached hydrogen (secondary N) is 2. The number of aromatic nitrogens is 3. The van der Waals surface area contributed by atoms with Crippen molar-refractivity contribution in [2.45, 2.75) is 98.1 Å². The molecule has 1 fully saturated rings. The van der Waals surface area contributed by atoms with E-state index in [0.29, 0.717) is 25.3 Å². The molecule has 1 saturated heterocycles. The number of hydrazine groups is 1. The standard InChI is InChI=1S/C38H52N6O6S/c1-8-43-32-14-13-24(17-28(32)29(19-38(5,6)23-46)33(43)27-12-9-15-39-31(27)21-49-7)34-40-26(22-51-34)18-30(41-36(48)50-37(2,3)4)35(47)44-16-10-11-25(20-45)42-44/h9,12-15,17,22,25,30,42,45-46H,8,10-11,16,18-21,23H2,1-7H3,(H,41,48)/t25-,30?/m0/s1. The molecule has 4 aromatic rings. The van der Waals surface area contributed by atoms with Gasteiger partial charge in [0, 0.05) is 72.9 Å². The monoisotopic (exact) mass is 720 g/mol. The van der Waals surface area contributed by atoms with Crippen molar-refractivity contribution in [3.8, 4) is 21.8 Å². The summed E-state index contributed by atoms with van der Waals surface area (Å²) >= 11 is 1.48. The third-order valence-corrected chi connectivity index (χ3v) is 9.89. The third-order valence-electron chi connectivity index (χ3n) is 8.95. The Hall–Kier alpha value is -3.88. The highest BCUT2D eigenvalue weighted by Crippen LogP contribution is 2.41. The molecule has 51 heavy (non-hydrogen) atoms. The SMILES string of the molecule is CCn1c(-c2cccnc2COC)c(CC(C)(C)CO)c2cc(-c3nc(CC(NC(=O)OC(C)(C)C)C(=O)N4CCC[C@@H](CO)N4)cs3)ccc21. The summed E-state index contributed by atoms with van der Waals surface area (Å²) < 4.78 is 13.3. The number of hydrogen-bond donors (Lipinski definition) is 4. The highest BCUT2D eigenvalue weighted by atomic mass is 32.1. The van der Waals surface area contributed by atoms with Crippen LogP contribution in [0, 0.1) is 5.41 Å².